The van der Waals surface area contributed by atoms with E-state index in [9.17, 15) is 5.26 Å². The van der Waals surface area contributed by atoms with Crippen LogP contribution >= 0.6 is 11.8 Å². The second-order valence-electron chi connectivity index (χ2n) is 5.70. The highest BCUT2D eigenvalue weighted by molar-refractivity contribution is 7.99. The molecule has 4 nitrogen and oxygen atoms in total. The van der Waals surface area contributed by atoms with Crippen molar-refractivity contribution in [2.75, 3.05) is 0 Å². The summed E-state index contributed by atoms with van der Waals surface area (Å²) in [6.07, 6.45) is 8.24. The fourth-order valence-electron chi connectivity index (χ4n) is 2.74. The van der Waals surface area contributed by atoms with Gasteiger partial charge in [-0.25, -0.2) is 4.98 Å². The van der Waals surface area contributed by atoms with Crippen LogP contribution in [0.4, 0.5) is 0 Å². The summed E-state index contributed by atoms with van der Waals surface area (Å²) in [5, 5.41) is 14.3. The van der Waals surface area contributed by atoms with Crippen molar-refractivity contribution in [3.8, 4) is 6.07 Å². The molecule has 0 amide bonds. The molecule has 0 radical (unpaired) electrons. The van der Waals surface area contributed by atoms with E-state index < -0.39 is 0 Å². The maximum atomic E-state index is 9.55. The second kappa shape index (κ2) is 5.18. The SMILES string of the molecule is Cc1coc(SC2CCCC(C#N)(NC3CC3)C2)n1. The van der Waals surface area contributed by atoms with Crippen LogP contribution in [0.15, 0.2) is 15.9 Å². The van der Waals surface area contributed by atoms with E-state index in [-0.39, 0.29) is 5.54 Å². The Morgan fingerprint density at radius 2 is 2.37 bits per heavy atom. The van der Waals surface area contributed by atoms with Gasteiger partial charge in [0.1, 0.15) is 11.8 Å². The molecule has 19 heavy (non-hydrogen) atoms. The predicted molar refractivity (Wildman–Crippen MR) is 73.9 cm³/mol. The van der Waals surface area contributed by atoms with Crippen molar-refractivity contribution >= 4 is 11.8 Å². The number of rotatable bonds is 4. The number of nitrogens with one attached hydrogen (secondary N) is 1. The summed E-state index contributed by atoms with van der Waals surface area (Å²) in [4.78, 5) is 4.34. The lowest BCUT2D eigenvalue weighted by molar-refractivity contribution is 0.300. The van der Waals surface area contributed by atoms with Crippen molar-refractivity contribution in [1.82, 2.24) is 10.3 Å². The average Bonchev–Trinajstić information content (AvgIpc) is 3.11. The molecular weight excluding hydrogens is 258 g/mol. The Labute approximate surface area is 118 Å². The minimum Gasteiger partial charge on any atom is -0.440 e. The van der Waals surface area contributed by atoms with Gasteiger partial charge in [-0.15, -0.1) is 0 Å². The van der Waals surface area contributed by atoms with Crippen molar-refractivity contribution in [2.24, 2.45) is 0 Å². The third kappa shape index (κ3) is 3.13. The van der Waals surface area contributed by atoms with E-state index in [4.69, 9.17) is 4.42 Å². The summed E-state index contributed by atoms with van der Waals surface area (Å²) >= 11 is 1.68. The van der Waals surface area contributed by atoms with Gasteiger partial charge in [0.05, 0.1) is 11.8 Å². The van der Waals surface area contributed by atoms with Crippen LogP contribution in [0.1, 0.15) is 44.2 Å². The molecule has 2 fully saturated rings. The van der Waals surface area contributed by atoms with E-state index >= 15 is 0 Å². The smallest absolute Gasteiger partial charge is 0.256 e. The highest BCUT2D eigenvalue weighted by atomic mass is 32.2. The van der Waals surface area contributed by atoms with Gasteiger partial charge in [-0.2, -0.15) is 5.26 Å². The van der Waals surface area contributed by atoms with Gasteiger partial charge in [0.15, 0.2) is 0 Å². The predicted octanol–water partition coefficient (Wildman–Crippen LogP) is 3.03. The molecule has 1 N–H and O–H groups in total. The lowest BCUT2D eigenvalue weighted by atomic mass is 9.82. The number of thioether (sulfide) groups is 1. The zero-order chi connectivity index (χ0) is 13.3. The van der Waals surface area contributed by atoms with Crippen LogP contribution < -0.4 is 5.32 Å². The standard InChI is InChI=1S/C14H19N3OS/c1-10-8-18-13(16-10)19-12-3-2-6-14(7-12,9-15)17-11-4-5-11/h8,11-12,17H,2-7H2,1H3. The number of hydrogen-bond acceptors (Lipinski definition) is 5. The first kappa shape index (κ1) is 13.0. The molecule has 0 bridgehead atoms. The average molecular weight is 277 g/mol. The van der Waals surface area contributed by atoms with Crippen LogP contribution in [-0.4, -0.2) is 21.8 Å². The Bertz CT molecular complexity index is 491. The molecule has 1 aromatic rings. The Kier molecular flexibility index (Phi) is 3.55. The van der Waals surface area contributed by atoms with E-state index in [0.29, 0.717) is 11.3 Å². The zero-order valence-electron chi connectivity index (χ0n) is 11.2. The van der Waals surface area contributed by atoms with Crippen LogP contribution in [0, 0.1) is 18.3 Å². The van der Waals surface area contributed by atoms with Crippen molar-refractivity contribution in [2.45, 2.75) is 67.5 Å². The first-order valence-electron chi connectivity index (χ1n) is 6.97. The molecule has 3 rings (SSSR count). The van der Waals surface area contributed by atoms with Gasteiger partial charge in [-0.1, -0.05) is 11.8 Å². The van der Waals surface area contributed by atoms with Crippen LogP contribution in [0.25, 0.3) is 0 Å². The molecule has 2 aliphatic carbocycles. The van der Waals surface area contributed by atoms with E-state index in [0.717, 1.165) is 36.6 Å². The summed E-state index contributed by atoms with van der Waals surface area (Å²) in [5.41, 5.74) is 0.597. The molecule has 0 spiro atoms. The minimum absolute atomic E-state index is 0.321. The van der Waals surface area contributed by atoms with Crippen molar-refractivity contribution in [1.29, 1.82) is 5.26 Å². The van der Waals surface area contributed by atoms with Crippen LogP contribution in [0.5, 0.6) is 0 Å². The van der Waals surface area contributed by atoms with E-state index in [1.54, 1.807) is 18.0 Å². The molecular formula is C14H19N3OS. The second-order valence-corrected chi connectivity index (χ2v) is 6.96. The molecule has 1 aromatic heterocycles. The molecule has 2 aliphatic rings. The Morgan fingerprint density at radius 1 is 1.53 bits per heavy atom. The Balaban J connectivity index is 1.64. The lowest BCUT2D eigenvalue weighted by Gasteiger charge is -2.35. The van der Waals surface area contributed by atoms with Crippen molar-refractivity contribution < 1.29 is 4.42 Å². The maximum absolute atomic E-state index is 9.55. The quantitative estimate of drug-likeness (QED) is 0.916. The van der Waals surface area contributed by atoms with Gasteiger partial charge >= 0.3 is 0 Å². The lowest BCUT2D eigenvalue weighted by Crippen LogP contribution is -2.49. The Morgan fingerprint density at radius 3 is 3.00 bits per heavy atom. The summed E-state index contributed by atoms with van der Waals surface area (Å²) in [5.74, 6) is 0. The fourth-order valence-corrected chi connectivity index (χ4v) is 3.98. The third-order valence-corrected chi connectivity index (χ3v) is 4.97. The molecule has 2 saturated carbocycles. The minimum atomic E-state index is -0.321. The topological polar surface area (TPSA) is 61.9 Å². The van der Waals surface area contributed by atoms with E-state index in [1.807, 2.05) is 6.92 Å². The van der Waals surface area contributed by atoms with Gasteiger partial charge in [0, 0.05) is 11.3 Å². The van der Waals surface area contributed by atoms with E-state index in [1.165, 1.54) is 12.8 Å². The first-order chi connectivity index (χ1) is 9.19. The summed E-state index contributed by atoms with van der Waals surface area (Å²) in [6.45, 7) is 1.93. The van der Waals surface area contributed by atoms with Crippen molar-refractivity contribution in [3.05, 3.63) is 12.0 Å². The van der Waals surface area contributed by atoms with Gasteiger partial charge in [-0.05, 0) is 45.4 Å². The number of nitrogens with zero attached hydrogens (tertiary/aromatic N) is 2. The highest BCUT2D eigenvalue weighted by Crippen LogP contribution is 2.39. The van der Waals surface area contributed by atoms with Crippen LogP contribution in [-0.2, 0) is 0 Å². The van der Waals surface area contributed by atoms with Gasteiger partial charge < -0.3 is 4.42 Å². The Hall–Kier alpha value is -0.990. The molecule has 0 aromatic carbocycles. The largest absolute Gasteiger partial charge is 0.440 e. The molecule has 1 heterocycles. The summed E-state index contributed by atoms with van der Waals surface area (Å²) in [7, 11) is 0. The number of nitriles is 1. The fraction of sp³-hybridized carbons (Fsp3) is 0.714. The monoisotopic (exact) mass is 277 g/mol. The molecule has 0 aliphatic heterocycles. The third-order valence-electron chi connectivity index (χ3n) is 3.84. The maximum Gasteiger partial charge on any atom is 0.256 e. The van der Waals surface area contributed by atoms with E-state index in [2.05, 4.69) is 16.4 Å². The molecule has 2 atom stereocenters. The highest BCUT2D eigenvalue weighted by Gasteiger charge is 2.41. The molecule has 0 saturated heterocycles. The van der Waals surface area contributed by atoms with Crippen LogP contribution in [0.2, 0.25) is 0 Å². The molecule has 102 valence electrons. The van der Waals surface area contributed by atoms with Crippen LogP contribution in [0.3, 0.4) is 0 Å². The molecule has 5 heteroatoms. The van der Waals surface area contributed by atoms with Gasteiger partial charge in [0.25, 0.3) is 5.22 Å². The van der Waals surface area contributed by atoms with Gasteiger partial charge in [0.2, 0.25) is 0 Å². The number of oxazole rings is 1. The number of hydrogen-bond donors (Lipinski definition) is 1. The molecule has 2 unspecified atom stereocenters. The summed E-state index contributed by atoms with van der Waals surface area (Å²) in [6, 6.07) is 3.11. The number of aryl methyl sites for hydroxylation is 1. The van der Waals surface area contributed by atoms with Crippen molar-refractivity contribution in [3.63, 3.8) is 0 Å². The normalized spacial score (nSPS) is 31.1. The summed E-state index contributed by atoms with van der Waals surface area (Å²) < 4.78 is 5.41. The number of aromatic nitrogens is 1. The van der Waals surface area contributed by atoms with Gasteiger partial charge in [-0.3, -0.25) is 5.32 Å². The first-order valence-corrected chi connectivity index (χ1v) is 7.85. The zero-order valence-corrected chi connectivity index (χ0v) is 12.0.